The molecule has 1 unspecified atom stereocenters. The fourth-order valence-electron chi connectivity index (χ4n) is 4.32. The lowest BCUT2D eigenvalue weighted by atomic mass is 9.89. The number of hydrogen-bond donors (Lipinski definition) is 1. The van der Waals surface area contributed by atoms with Crippen LogP contribution in [-0.2, 0) is 4.79 Å². The molecule has 0 radical (unpaired) electrons. The standard InChI is InChI=1S/C22H27N3OS.ClH/c1-16(22(26)25-11-12-27-21-10-6-5-9-20(21)25)24-14-18(13-23)19(15-24)17-7-3-2-4-8-17;/h2-10,16,18-19H,11-15,23H2,1H3;1H/t16?,18-,19+;/m1./s1. The van der Waals surface area contributed by atoms with Gasteiger partial charge in [0.1, 0.15) is 0 Å². The minimum absolute atomic E-state index is 0. The summed E-state index contributed by atoms with van der Waals surface area (Å²) in [4.78, 5) is 18.8. The van der Waals surface area contributed by atoms with Crippen LogP contribution in [0.5, 0.6) is 0 Å². The third-order valence-electron chi connectivity index (χ3n) is 5.90. The summed E-state index contributed by atoms with van der Waals surface area (Å²) in [5.41, 5.74) is 8.47. The molecule has 4 nitrogen and oxygen atoms in total. The summed E-state index contributed by atoms with van der Waals surface area (Å²) in [6.07, 6.45) is 0. The Morgan fingerprint density at radius 2 is 1.86 bits per heavy atom. The molecule has 2 aromatic carbocycles. The summed E-state index contributed by atoms with van der Waals surface area (Å²) in [7, 11) is 0. The molecule has 4 rings (SSSR count). The van der Waals surface area contributed by atoms with Crippen LogP contribution in [0.25, 0.3) is 0 Å². The molecule has 28 heavy (non-hydrogen) atoms. The van der Waals surface area contributed by atoms with Crippen molar-refractivity contribution in [2.45, 2.75) is 23.8 Å². The summed E-state index contributed by atoms with van der Waals surface area (Å²) < 4.78 is 0. The summed E-state index contributed by atoms with van der Waals surface area (Å²) >= 11 is 1.83. The monoisotopic (exact) mass is 417 g/mol. The number of rotatable bonds is 4. The molecule has 0 bridgehead atoms. The number of halogens is 1. The Morgan fingerprint density at radius 1 is 1.14 bits per heavy atom. The van der Waals surface area contributed by atoms with Gasteiger partial charge < -0.3 is 10.6 Å². The van der Waals surface area contributed by atoms with Crippen molar-refractivity contribution in [3.8, 4) is 0 Å². The summed E-state index contributed by atoms with van der Waals surface area (Å²) in [6.45, 7) is 5.26. The van der Waals surface area contributed by atoms with E-state index in [1.54, 1.807) is 0 Å². The highest BCUT2D eigenvalue weighted by Crippen LogP contribution is 2.37. The summed E-state index contributed by atoms with van der Waals surface area (Å²) in [6, 6.07) is 18.7. The van der Waals surface area contributed by atoms with Crippen molar-refractivity contribution < 1.29 is 4.79 Å². The molecule has 150 valence electrons. The number of thioether (sulfide) groups is 1. The molecule has 0 aromatic heterocycles. The van der Waals surface area contributed by atoms with Crippen molar-refractivity contribution in [1.29, 1.82) is 0 Å². The molecule has 3 atom stereocenters. The molecule has 2 aliphatic rings. The second kappa shape index (κ2) is 9.31. The second-order valence-corrected chi connectivity index (χ2v) is 8.59. The SMILES string of the molecule is CC(C(=O)N1CCSc2ccccc21)N1C[C@@H](CN)[C@H](c2ccccc2)C1.Cl. The minimum atomic E-state index is -0.135. The highest BCUT2D eigenvalue weighted by Gasteiger charge is 2.38. The van der Waals surface area contributed by atoms with E-state index in [-0.39, 0.29) is 24.4 Å². The van der Waals surface area contributed by atoms with E-state index in [0.717, 1.165) is 31.1 Å². The van der Waals surface area contributed by atoms with Crippen LogP contribution < -0.4 is 10.6 Å². The number of benzene rings is 2. The predicted octanol–water partition coefficient (Wildman–Crippen LogP) is 3.61. The zero-order valence-corrected chi connectivity index (χ0v) is 17.8. The fraction of sp³-hybridized carbons (Fsp3) is 0.409. The molecule has 1 saturated heterocycles. The number of nitrogens with zero attached hydrogens (tertiary/aromatic N) is 2. The maximum atomic E-state index is 13.3. The van der Waals surface area contributed by atoms with E-state index >= 15 is 0 Å². The van der Waals surface area contributed by atoms with Crippen molar-refractivity contribution in [3.05, 3.63) is 60.2 Å². The molecule has 2 heterocycles. The summed E-state index contributed by atoms with van der Waals surface area (Å²) in [5, 5.41) is 0. The van der Waals surface area contributed by atoms with Crippen molar-refractivity contribution in [1.82, 2.24) is 4.90 Å². The van der Waals surface area contributed by atoms with Gasteiger partial charge in [-0.3, -0.25) is 9.69 Å². The highest BCUT2D eigenvalue weighted by molar-refractivity contribution is 7.99. The number of carbonyl (C=O) groups is 1. The topological polar surface area (TPSA) is 49.6 Å². The minimum Gasteiger partial charge on any atom is -0.330 e. The Labute approximate surface area is 177 Å². The average molecular weight is 418 g/mol. The van der Waals surface area contributed by atoms with Gasteiger partial charge in [-0.15, -0.1) is 24.2 Å². The van der Waals surface area contributed by atoms with Gasteiger partial charge in [0.2, 0.25) is 5.91 Å². The van der Waals surface area contributed by atoms with E-state index in [2.05, 4.69) is 41.3 Å². The van der Waals surface area contributed by atoms with Gasteiger partial charge in [0.25, 0.3) is 0 Å². The molecule has 2 aliphatic heterocycles. The molecule has 1 amide bonds. The maximum Gasteiger partial charge on any atom is 0.244 e. The first-order valence-electron chi connectivity index (χ1n) is 9.71. The number of para-hydroxylation sites is 1. The Hall–Kier alpha value is -1.53. The molecule has 2 aromatic rings. The van der Waals surface area contributed by atoms with Gasteiger partial charge in [-0.05, 0) is 37.1 Å². The normalized spacial score (nSPS) is 23.0. The zero-order chi connectivity index (χ0) is 18.8. The first-order chi connectivity index (χ1) is 13.2. The lowest BCUT2D eigenvalue weighted by molar-refractivity contribution is -0.123. The third kappa shape index (κ3) is 4.08. The molecule has 2 N–H and O–H groups in total. The van der Waals surface area contributed by atoms with Crippen molar-refractivity contribution in [3.63, 3.8) is 0 Å². The van der Waals surface area contributed by atoms with E-state index in [9.17, 15) is 4.79 Å². The smallest absolute Gasteiger partial charge is 0.244 e. The Bertz CT molecular complexity index is 803. The molecule has 0 saturated carbocycles. The van der Waals surface area contributed by atoms with Gasteiger partial charge >= 0.3 is 0 Å². The number of nitrogens with two attached hydrogens (primary N) is 1. The van der Waals surface area contributed by atoms with Gasteiger partial charge in [-0.1, -0.05) is 42.5 Å². The van der Waals surface area contributed by atoms with Gasteiger partial charge in [0.15, 0.2) is 0 Å². The number of hydrogen-bond acceptors (Lipinski definition) is 4. The quantitative estimate of drug-likeness (QED) is 0.825. The molecular formula is C22H28ClN3OS. The second-order valence-electron chi connectivity index (χ2n) is 7.45. The molecule has 0 aliphatic carbocycles. The van der Waals surface area contributed by atoms with Gasteiger partial charge in [0.05, 0.1) is 11.7 Å². The van der Waals surface area contributed by atoms with E-state index in [1.165, 1.54) is 10.5 Å². The number of amides is 1. The molecular weight excluding hydrogens is 390 g/mol. The van der Waals surface area contributed by atoms with Crippen molar-refractivity contribution in [2.75, 3.05) is 36.8 Å². The average Bonchev–Trinajstić information content (AvgIpc) is 3.17. The van der Waals surface area contributed by atoms with Crippen LogP contribution >= 0.6 is 24.2 Å². The number of carbonyl (C=O) groups excluding carboxylic acids is 1. The lowest BCUT2D eigenvalue weighted by Crippen LogP contribution is -2.48. The van der Waals surface area contributed by atoms with Crippen LogP contribution in [0, 0.1) is 5.92 Å². The van der Waals surface area contributed by atoms with E-state index in [4.69, 9.17) is 5.73 Å². The van der Waals surface area contributed by atoms with Gasteiger partial charge in [0, 0.05) is 36.2 Å². The Morgan fingerprint density at radius 3 is 2.61 bits per heavy atom. The first kappa shape index (κ1) is 21.2. The largest absolute Gasteiger partial charge is 0.330 e. The van der Waals surface area contributed by atoms with E-state index in [1.807, 2.05) is 41.8 Å². The van der Waals surface area contributed by atoms with E-state index in [0.29, 0.717) is 18.4 Å². The fourth-order valence-corrected chi connectivity index (χ4v) is 5.31. The van der Waals surface area contributed by atoms with Crippen LogP contribution in [0.2, 0.25) is 0 Å². The van der Waals surface area contributed by atoms with Crippen LogP contribution in [0.3, 0.4) is 0 Å². The van der Waals surface area contributed by atoms with Crippen molar-refractivity contribution >= 4 is 35.8 Å². The lowest BCUT2D eigenvalue weighted by Gasteiger charge is -2.34. The first-order valence-corrected chi connectivity index (χ1v) is 10.7. The highest BCUT2D eigenvalue weighted by atomic mass is 35.5. The van der Waals surface area contributed by atoms with Crippen LogP contribution in [0.1, 0.15) is 18.4 Å². The van der Waals surface area contributed by atoms with Crippen LogP contribution in [-0.4, -0.2) is 48.8 Å². The zero-order valence-electron chi connectivity index (χ0n) is 16.2. The number of likely N-dealkylation sites (tertiary alicyclic amines) is 1. The van der Waals surface area contributed by atoms with E-state index < -0.39 is 0 Å². The third-order valence-corrected chi connectivity index (χ3v) is 6.94. The summed E-state index contributed by atoms with van der Waals surface area (Å²) in [5.74, 6) is 1.95. The molecule has 1 fully saturated rings. The Kier molecular flexibility index (Phi) is 7.05. The molecule has 0 spiro atoms. The van der Waals surface area contributed by atoms with Crippen LogP contribution in [0.4, 0.5) is 5.69 Å². The molecule has 6 heteroatoms. The predicted molar refractivity (Wildman–Crippen MR) is 120 cm³/mol. The van der Waals surface area contributed by atoms with Crippen molar-refractivity contribution in [2.24, 2.45) is 11.7 Å². The Balaban J connectivity index is 0.00000225. The van der Waals surface area contributed by atoms with Gasteiger partial charge in [-0.2, -0.15) is 0 Å². The van der Waals surface area contributed by atoms with Crippen LogP contribution in [0.15, 0.2) is 59.5 Å². The van der Waals surface area contributed by atoms with Gasteiger partial charge in [-0.25, -0.2) is 0 Å². The maximum absolute atomic E-state index is 13.3. The number of anilines is 1. The number of fused-ring (bicyclic) bond motifs is 1.